The average Bonchev–Trinajstić information content (AvgIpc) is 2.69. The van der Waals surface area contributed by atoms with Gasteiger partial charge in [-0.25, -0.2) is 4.79 Å². The van der Waals surface area contributed by atoms with Gasteiger partial charge in [-0.15, -0.1) is 0 Å². The largest absolute Gasteiger partial charge is 0.441 e. The highest BCUT2D eigenvalue weighted by atomic mass is 19.4. The van der Waals surface area contributed by atoms with Crippen molar-refractivity contribution < 1.29 is 27.8 Å². The van der Waals surface area contributed by atoms with Crippen LogP contribution in [0.2, 0.25) is 0 Å². The summed E-state index contributed by atoms with van der Waals surface area (Å²) >= 11 is 0. The average molecular weight is 263 g/mol. The lowest BCUT2D eigenvalue weighted by atomic mass is 9.88. The number of aliphatic hydroxyl groups is 1. The van der Waals surface area contributed by atoms with Crippen LogP contribution in [0.5, 0.6) is 0 Å². The van der Waals surface area contributed by atoms with E-state index in [4.69, 9.17) is 9.84 Å². The standard InChI is InChI=1S/C11H12F3NO3/c12-11(13,14)7-3-1-2-6(4-7)9-8(5-16)18-10(17)15-9/h1-3,7-9,16H,4-5H2,(H,15,17)/t7?,8-,9-/m0/s1. The Morgan fingerprint density at radius 3 is 2.83 bits per heavy atom. The summed E-state index contributed by atoms with van der Waals surface area (Å²) in [6.07, 6.45) is -2.18. The van der Waals surface area contributed by atoms with E-state index in [1.165, 1.54) is 12.2 Å². The van der Waals surface area contributed by atoms with E-state index in [0.717, 1.165) is 6.08 Å². The van der Waals surface area contributed by atoms with E-state index >= 15 is 0 Å². The van der Waals surface area contributed by atoms with Crippen molar-refractivity contribution in [3.63, 3.8) is 0 Å². The molecule has 1 unspecified atom stereocenters. The third kappa shape index (κ3) is 2.50. The number of hydrogen-bond donors (Lipinski definition) is 2. The Balaban J connectivity index is 2.12. The molecule has 7 heteroatoms. The third-order valence-electron chi connectivity index (χ3n) is 3.01. The molecule has 2 rings (SSSR count). The van der Waals surface area contributed by atoms with Crippen LogP contribution >= 0.6 is 0 Å². The molecule has 0 radical (unpaired) electrons. The van der Waals surface area contributed by atoms with Crippen molar-refractivity contribution in [3.8, 4) is 0 Å². The Kier molecular flexibility index (Phi) is 3.34. The monoisotopic (exact) mass is 263 g/mol. The van der Waals surface area contributed by atoms with Crippen LogP contribution < -0.4 is 5.32 Å². The van der Waals surface area contributed by atoms with Gasteiger partial charge in [-0.2, -0.15) is 13.2 Å². The number of allylic oxidation sites excluding steroid dienone is 3. The number of carbonyl (C=O) groups excluding carboxylic acids is 1. The Morgan fingerprint density at radius 1 is 1.50 bits per heavy atom. The Bertz CT molecular complexity index is 403. The van der Waals surface area contributed by atoms with Crippen LogP contribution in [0.4, 0.5) is 18.0 Å². The van der Waals surface area contributed by atoms with E-state index in [-0.39, 0.29) is 6.42 Å². The molecule has 1 aliphatic carbocycles. The van der Waals surface area contributed by atoms with Crippen LogP contribution in [-0.4, -0.2) is 36.1 Å². The molecule has 1 heterocycles. The van der Waals surface area contributed by atoms with Crippen LogP contribution in [0, 0.1) is 5.92 Å². The summed E-state index contributed by atoms with van der Waals surface area (Å²) in [5, 5.41) is 11.4. The number of halogens is 3. The van der Waals surface area contributed by atoms with Crippen LogP contribution in [0.3, 0.4) is 0 Å². The van der Waals surface area contributed by atoms with Crippen LogP contribution in [0.1, 0.15) is 6.42 Å². The summed E-state index contributed by atoms with van der Waals surface area (Å²) in [4.78, 5) is 11.0. The van der Waals surface area contributed by atoms with E-state index in [2.05, 4.69) is 5.32 Å². The highest BCUT2D eigenvalue weighted by Gasteiger charge is 2.43. The van der Waals surface area contributed by atoms with E-state index in [9.17, 15) is 18.0 Å². The Hall–Kier alpha value is -1.50. The molecule has 18 heavy (non-hydrogen) atoms. The first-order chi connectivity index (χ1) is 8.41. The van der Waals surface area contributed by atoms with Gasteiger partial charge >= 0.3 is 12.3 Å². The number of carbonyl (C=O) groups is 1. The topological polar surface area (TPSA) is 58.6 Å². The Labute approximate surface area is 101 Å². The molecule has 0 bridgehead atoms. The van der Waals surface area contributed by atoms with Crippen molar-refractivity contribution >= 4 is 6.09 Å². The number of alkyl halides is 3. The first kappa shape index (κ1) is 12.9. The van der Waals surface area contributed by atoms with E-state index in [1.807, 2.05) is 0 Å². The molecule has 1 aliphatic heterocycles. The lowest BCUT2D eigenvalue weighted by molar-refractivity contribution is -0.161. The zero-order valence-corrected chi connectivity index (χ0v) is 9.28. The quantitative estimate of drug-likeness (QED) is 0.794. The molecule has 0 saturated carbocycles. The summed E-state index contributed by atoms with van der Waals surface area (Å²) in [7, 11) is 0. The van der Waals surface area contributed by atoms with Gasteiger partial charge in [-0.05, 0) is 12.0 Å². The maximum atomic E-state index is 12.6. The van der Waals surface area contributed by atoms with Crippen molar-refractivity contribution in [1.82, 2.24) is 5.32 Å². The molecule has 0 aromatic carbocycles. The van der Waals surface area contributed by atoms with Gasteiger partial charge < -0.3 is 15.2 Å². The summed E-state index contributed by atoms with van der Waals surface area (Å²) in [5.74, 6) is -1.56. The number of cyclic esters (lactones) is 1. The normalized spacial score (nSPS) is 31.9. The van der Waals surface area contributed by atoms with Gasteiger partial charge in [0.2, 0.25) is 0 Å². The highest BCUT2D eigenvalue weighted by Crippen LogP contribution is 2.36. The highest BCUT2D eigenvalue weighted by molar-refractivity contribution is 5.71. The van der Waals surface area contributed by atoms with Crippen molar-refractivity contribution in [2.24, 2.45) is 5.92 Å². The maximum Gasteiger partial charge on any atom is 0.408 e. The number of aliphatic hydroxyl groups excluding tert-OH is 1. The number of hydrogen-bond acceptors (Lipinski definition) is 3. The zero-order valence-electron chi connectivity index (χ0n) is 9.28. The second-order valence-electron chi connectivity index (χ2n) is 4.23. The zero-order chi connectivity index (χ0) is 13.3. The summed E-state index contributed by atoms with van der Waals surface area (Å²) in [5.41, 5.74) is 0.407. The predicted molar refractivity (Wildman–Crippen MR) is 55.7 cm³/mol. The molecule has 2 aliphatic rings. The molecule has 1 amide bonds. The first-order valence-electron chi connectivity index (χ1n) is 5.44. The minimum atomic E-state index is -4.31. The first-order valence-corrected chi connectivity index (χ1v) is 5.44. The fourth-order valence-corrected chi connectivity index (χ4v) is 2.09. The fraction of sp³-hybridized carbons (Fsp3) is 0.545. The van der Waals surface area contributed by atoms with Crippen molar-refractivity contribution in [2.45, 2.75) is 24.7 Å². The van der Waals surface area contributed by atoms with Gasteiger partial charge in [0.25, 0.3) is 0 Å². The second-order valence-corrected chi connectivity index (χ2v) is 4.23. The number of rotatable bonds is 2. The maximum absolute atomic E-state index is 12.6. The smallest absolute Gasteiger partial charge is 0.408 e. The summed E-state index contributed by atoms with van der Waals surface area (Å²) < 4.78 is 42.6. The molecule has 2 N–H and O–H groups in total. The van der Waals surface area contributed by atoms with Gasteiger partial charge in [-0.1, -0.05) is 18.2 Å². The molecule has 0 spiro atoms. The number of ether oxygens (including phenoxy) is 1. The molecule has 1 fully saturated rings. The third-order valence-corrected chi connectivity index (χ3v) is 3.01. The van der Waals surface area contributed by atoms with Crippen molar-refractivity contribution in [2.75, 3.05) is 6.61 Å². The second kappa shape index (κ2) is 4.64. The molecule has 1 saturated heterocycles. The van der Waals surface area contributed by atoms with Gasteiger partial charge in [0.1, 0.15) is 0 Å². The van der Waals surface area contributed by atoms with E-state index < -0.39 is 36.9 Å². The number of amides is 1. The van der Waals surface area contributed by atoms with E-state index in [0.29, 0.717) is 5.57 Å². The van der Waals surface area contributed by atoms with Crippen LogP contribution in [0.25, 0.3) is 0 Å². The molecule has 4 nitrogen and oxygen atoms in total. The van der Waals surface area contributed by atoms with Gasteiger partial charge in [0.05, 0.1) is 18.6 Å². The molecule has 0 aromatic heterocycles. The fourth-order valence-electron chi connectivity index (χ4n) is 2.09. The number of alkyl carbamates (subject to hydrolysis) is 1. The van der Waals surface area contributed by atoms with Gasteiger partial charge in [0, 0.05) is 0 Å². The molecule has 0 aromatic rings. The number of nitrogens with one attached hydrogen (secondary N) is 1. The predicted octanol–water partition coefficient (Wildman–Crippen LogP) is 1.52. The minimum Gasteiger partial charge on any atom is -0.441 e. The van der Waals surface area contributed by atoms with Crippen molar-refractivity contribution in [1.29, 1.82) is 0 Å². The van der Waals surface area contributed by atoms with Gasteiger partial charge in [0.15, 0.2) is 6.10 Å². The summed E-state index contributed by atoms with van der Waals surface area (Å²) in [6, 6.07) is -0.697. The SMILES string of the molecule is O=C1N[C@@H](C2=CC=CC(C(F)(F)F)C2)[C@H](CO)O1. The lowest BCUT2D eigenvalue weighted by Gasteiger charge is -2.25. The Morgan fingerprint density at radius 2 is 2.22 bits per heavy atom. The summed E-state index contributed by atoms with van der Waals surface area (Å²) in [6.45, 7) is -0.429. The minimum absolute atomic E-state index is 0.231. The lowest BCUT2D eigenvalue weighted by Crippen LogP contribution is -2.37. The molecular weight excluding hydrogens is 251 g/mol. The molecular formula is C11H12F3NO3. The van der Waals surface area contributed by atoms with Crippen LogP contribution in [-0.2, 0) is 4.74 Å². The van der Waals surface area contributed by atoms with E-state index in [1.54, 1.807) is 0 Å². The van der Waals surface area contributed by atoms with Crippen LogP contribution in [0.15, 0.2) is 23.8 Å². The molecule has 3 atom stereocenters. The van der Waals surface area contributed by atoms with Gasteiger partial charge in [-0.3, -0.25) is 0 Å². The van der Waals surface area contributed by atoms with Crippen molar-refractivity contribution in [3.05, 3.63) is 23.8 Å². The molecule has 100 valence electrons.